The van der Waals surface area contributed by atoms with Crippen molar-refractivity contribution >= 4 is 17.6 Å². The first kappa shape index (κ1) is 18.7. The Labute approximate surface area is 157 Å². The van der Waals surface area contributed by atoms with E-state index in [1.165, 1.54) is 19.2 Å². The van der Waals surface area contributed by atoms with Gasteiger partial charge in [-0.3, -0.25) is 9.69 Å². The second-order valence-corrected chi connectivity index (χ2v) is 6.47. The summed E-state index contributed by atoms with van der Waals surface area (Å²) in [4.78, 5) is 26.2. The molecule has 27 heavy (non-hydrogen) atoms. The van der Waals surface area contributed by atoms with Crippen molar-refractivity contribution in [3.63, 3.8) is 0 Å². The summed E-state index contributed by atoms with van der Waals surface area (Å²) < 4.78 is 18.8. The van der Waals surface area contributed by atoms with Crippen LogP contribution in [-0.4, -0.2) is 32.1 Å². The maximum absolute atomic E-state index is 13.9. The standard InChI is InChI=1S/C20H22FN3O3/c1-12-4-5-15(11-17(12)24-9-8-22-20(24)26)19(25)23-13(2)14-6-7-18(27-3)16(21)10-14/h4-7,10-11,13H,8-9H2,1-3H3,(H,22,26)(H,23,25)/t13-/m0/s1. The summed E-state index contributed by atoms with van der Waals surface area (Å²) in [5, 5.41) is 5.61. The zero-order valence-corrected chi connectivity index (χ0v) is 15.5. The number of rotatable bonds is 5. The molecule has 1 heterocycles. The number of hydrogen-bond donors (Lipinski definition) is 2. The van der Waals surface area contributed by atoms with Crippen molar-refractivity contribution in [2.45, 2.75) is 19.9 Å². The molecule has 2 aromatic carbocycles. The molecule has 0 unspecified atom stereocenters. The fraction of sp³-hybridized carbons (Fsp3) is 0.300. The molecule has 2 aromatic rings. The Kier molecular flexibility index (Phi) is 5.30. The van der Waals surface area contributed by atoms with E-state index in [9.17, 15) is 14.0 Å². The largest absolute Gasteiger partial charge is 0.494 e. The Morgan fingerprint density at radius 2 is 2.07 bits per heavy atom. The minimum Gasteiger partial charge on any atom is -0.494 e. The molecule has 0 radical (unpaired) electrons. The lowest BCUT2D eigenvalue weighted by molar-refractivity contribution is 0.0939. The van der Waals surface area contributed by atoms with Crippen LogP contribution in [0, 0.1) is 12.7 Å². The lowest BCUT2D eigenvalue weighted by Gasteiger charge is -2.19. The Balaban J connectivity index is 1.78. The van der Waals surface area contributed by atoms with Gasteiger partial charge >= 0.3 is 6.03 Å². The number of hydrogen-bond acceptors (Lipinski definition) is 3. The summed E-state index contributed by atoms with van der Waals surface area (Å²) in [7, 11) is 1.40. The molecule has 0 spiro atoms. The number of carbonyl (C=O) groups is 2. The van der Waals surface area contributed by atoms with E-state index in [1.54, 1.807) is 30.0 Å². The van der Waals surface area contributed by atoms with Gasteiger partial charge in [0.05, 0.1) is 13.2 Å². The predicted octanol–water partition coefficient (Wildman–Crippen LogP) is 3.16. The van der Waals surface area contributed by atoms with E-state index in [4.69, 9.17) is 4.74 Å². The molecule has 7 heteroatoms. The zero-order chi connectivity index (χ0) is 19.6. The van der Waals surface area contributed by atoms with Gasteiger partial charge in [-0.25, -0.2) is 9.18 Å². The predicted molar refractivity (Wildman–Crippen MR) is 101 cm³/mol. The van der Waals surface area contributed by atoms with Crippen molar-refractivity contribution in [3.8, 4) is 5.75 Å². The number of nitrogens with one attached hydrogen (secondary N) is 2. The van der Waals surface area contributed by atoms with E-state index in [2.05, 4.69) is 10.6 Å². The minimum absolute atomic E-state index is 0.157. The van der Waals surface area contributed by atoms with E-state index in [1.807, 2.05) is 13.0 Å². The Bertz CT molecular complexity index is 885. The number of urea groups is 1. The third kappa shape index (κ3) is 3.86. The zero-order valence-electron chi connectivity index (χ0n) is 15.5. The highest BCUT2D eigenvalue weighted by Crippen LogP contribution is 2.25. The van der Waals surface area contributed by atoms with Gasteiger partial charge in [-0.1, -0.05) is 12.1 Å². The molecule has 1 atom stereocenters. The number of aryl methyl sites for hydroxylation is 1. The normalized spacial score (nSPS) is 14.7. The van der Waals surface area contributed by atoms with Crippen LogP contribution in [0.2, 0.25) is 0 Å². The lowest BCUT2D eigenvalue weighted by atomic mass is 10.1. The van der Waals surface area contributed by atoms with Crippen molar-refractivity contribution in [1.82, 2.24) is 10.6 Å². The molecule has 0 bridgehead atoms. The van der Waals surface area contributed by atoms with Crippen LogP contribution in [-0.2, 0) is 0 Å². The van der Waals surface area contributed by atoms with E-state index in [0.29, 0.717) is 29.9 Å². The van der Waals surface area contributed by atoms with Crippen LogP contribution >= 0.6 is 0 Å². The van der Waals surface area contributed by atoms with Crippen LogP contribution in [0.3, 0.4) is 0 Å². The van der Waals surface area contributed by atoms with Gasteiger partial charge in [0, 0.05) is 24.3 Å². The molecule has 1 fully saturated rings. The lowest BCUT2D eigenvalue weighted by Crippen LogP contribution is -2.30. The number of halogens is 1. The molecular formula is C20H22FN3O3. The fourth-order valence-corrected chi connectivity index (χ4v) is 3.06. The summed E-state index contributed by atoms with van der Waals surface area (Å²) in [6, 6.07) is 9.26. The molecule has 1 saturated heterocycles. The summed E-state index contributed by atoms with van der Waals surface area (Å²) in [6.07, 6.45) is 0. The van der Waals surface area contributed by atoms with Crippen molar-refractivity contribution in [3.05, 3.63) is 58.9 Å². The quantitative estimate of drug-likeness (QED) is 0.848. The van der Waals surface area contributed by atoms with Gasteiger partial charge in [0.2, 0.25) is 0 Å². The van der Waals surface area contributed by atoms with Crippen molar-refractivity contribution in [1.29, 1.82) is 0 Å². The Hall–Kier alpha value is -3.09. The number of amides is 3. The van der Waals surface area contributed by atoms with E-state index < -0.39 is 11.9 Å². The highest BCUT2D eigenvalue weighted by Gasteiger charge is 2.23. The van der Waals surface area contributed by atoms with Gasteiger partial charge in [-0.05, 0) is 49.2 Å². The van der Waals surface area contributed by atoms with Crippen LogP contribution < -0.4 is 20.3 Å². The molecule has 3 rings (SSSR count). The third-order valence-electron chi connectivity index (χ3n) is 4.64. The topological polar surface area (TPSA) is 70.7 Å². The smallest absolute Gasteiger partial charge is 0.322 e. The number of ether oxygens (including phenoxy) is 1. The maximum atomic E-state index is 13.9. The Morgan fingerprint density at radius 1 is 1.30 bits per heavy atom. The van der Waals surface area contributed by atoms with E-state index in [-0.39, 0.29) is 17.7 Å². The number of methoxy groups -OCH3 is 1. The number of benzene rings is 2. The maximum Gasteiger partial charge on any atom is 0.322 e. The molecule has 3 amide bonds. The highest BCUT2D eigenvalue weighted by atomic mass is 19.1. The second kappa shape index (κ2) is 7.65. The summed E-state index contributed by atoms with van der Waals surface area (Å²) in [5.74, 6) is -0.613. The van der Waals surface area contributed by atoms with Gasteiger partial charge in [0.1, 0.15) is 0 Å². The highest BCUT2D eigenvalue weighted by molar-refractivity contribution is 5.99. The van der Waals surface area contributed by atoms with Gasteiger partial charge < -0.3 is 15.4 Å². The van der Waals surface area contributed by atoms with Crippen molar-refractivity contribution in [2.75, 3.05) is 25.1 Å². The van der Waals surface area contributed by atoms with Crippen molar-refractivity contribution in [2.24, 2.45) is 0 Å². The third-order valence-corrected chi connectivity index (χ3v) is 4.64. The summed E-state index contributed by atoms with van der Waals surface area (Å²) in [6.45, 7) is 4.81. The molecule has 1 aliphatic rings. The van der Waals surface area contributed by atoms with E-state index >= 15 is 0 Å². The number of anilines is 1. The van der Waals surface area contributed by atoms with Gasteiger partial charge in [-0.15, -0.1) is 0 Å². The molecule has 0 aromatic heterocycles. The summed E-state index contributed by atoms with van der Waals surface area (Å²) in [5.41, 5.74) is 2.69. The molecule has 0 saturated carbocycles. The van der Waals surface area contributed by atoms with Crippen LogP contribution in [0.4, 0.5) is 14.9 Å². The monoisotopic (exact) mass is 371 g/mol. The second-order valence-electron chi connectivity index (χ2n) is 6.47. The molecule has 0 aliphatic carbocycles. The van der Waals surface area contributed by atoms with Crippen LogP contribution in [0.5, 0.6) is 5.75 Å². The molecular weight excluding hydrogens is 349 g/mol. The number of carbonyl (C=O) groups excluding carboxylic acids is 2. The van der Waals surface area contributed by atoms with Crippen LogP contribution in [0.1, 0.15) is 34.5 Å². The van der Waals surface area contributed by atoms with Crippen LogP contribution in [0.15, 0.2) is 36.4 Å². The molecule has 1 aliphatic heterocycles. The first-order valence-electron chi connectivity index (χ1n) is 8.71. The Morgan fingerprint density at radius 3 is 2.70 bits per heavy atom. The average molecular weight is 371 g/mol. The van der Waals surface area contributed by atoms with Crippen LogP contribution in [0.25, 0.3) is 0 Å². The first-order chi connectivity index (χ1) is 12.9. The fourth-order valence-electron chi connectivity index (χ4n) is 3.06. The molecule has 6 nitrogen and oxygen atoms in total. The SMILES string of the molecule is COc1ccc([C@H](C)NC(=O)c2ccc(C)c(N3CCNC3=O)c2)cc1F. The average Bonchev–Trinajstić information content (AvgIpc) is 3.07. The summed E-state index contributed by atoms with van der Waals surface area (Å²) >= 11 is 0. The van der Waals surface area contributed by atoms with Gasteiger partial charge in [0.25, 0.3) is 5.91 Å². The van der Waals surface area contributed by atoms with E-state index in [0.717, 1.165) is 5.56 Å². The molecule has 142 valence electrons. The van der Waals surface area contributed by atoms with Crippen molar-refractivity contribution < 1.29 is 18.7 Å². The molecule has 2 N–H and O–H groups in total. The minimum atomic E-state index is -0.478. The van der Waals surface area contributed by atoms with Gasteiger partial charge in [0.15, 0.2) is 11.6 Å². The number of nitrogens with zero attached hydrogens (tertiary/aromatic N) is 1. The van der Waals surface area contributed by atoms with Gasteiger partial charge in [-0.2, -0.15) is 0 Å². The first-order valence-corrected chi connectivity index (χ1v) is 8.71.